The molecule has 0 unspecified atom stereocenters. The fourth-order valence-corrected chi connectivity index (χ4v) is 4.34. The van der Waals surface area contributed by atoms with E-state index in [2.05, 4.69) is 4.90 Å². The van der Waals surface area contributed by atoms with Gasteiger partial charge in [-0.2, -0.15) is 0 Å². The maximum atomic E-state index is 14.0. The minimum Gasteiger partial charge on any atom is -0.314 e. The molecule has 0 amide bonds. The minimum atomic E-state index is -0.502. The number of amidine groups is 1. The van der Waals surface area contributed by atoms with E-state index in [0.717, 1.165) is 24.4 Å². The average molecular weight is 292 g/mol. The molecular formula is C15H14F2N2S. The van der Waals surface area contributed by atoms with Gasteiger partial charge >= 0.3 is 0 Å². The number of nitrogens with zero attached hydrogens (tertiary/aromatic N) is 2. The number of hydrogen-bond donors (Lipinski definition) is 0. The molecule has 2 nitrogen and oxygen atoms in total. The van der Waals surface area contributed by atoms with E-state index in [1.165, 1.54) is 36.4 Å². The summed E-state index contributed by atoms with van der Waals surface area (Å²) in [4.78, 5) is 6.77. The molecule has 1 aromatic rings. The molecule has 1 fully saturated rings. The predicted molar refractivity (Wildman–Crippen MR) is 77.2 cm³/mol. The summed E-state index contributed by atoms with van der Waals surface area (Å²) in [6.07, 6.45) is 4.49. The average Bonchev–Trinajstić information content (AvgIpc) is 2.98. The molecule has 1 aromatic carbocycles. The molecule has 0 N–H and O–H groups in total. The lowest BCUT2D eigenvalue weighted by atomic mass is 9.90. The SMILES string of the molecule is Fc1cccc(F)c1C1=CSC2=N[C@H]3CCCC[C@@H]3N12. The molecule has 2 aliphatic heterocycles. The Morgan fingerprint density at radius 3 is 2.70 bits per heavy atom. The molecule has 3 aliphatic rings. The first-order chi connectivity index (χ1) is 9.75. The molecule has 1 aliphatic carbocycles. The summed E-state index contributed by atoms with van der Waals surface area (Å²) in [5.74, 6) is -1.00. The Labute approximate surface area is 120 Å². The first-order valence-electron chi connectivity index (χ1n) is 6.94. The third-order valence-electron chi connectivity index (χ3n) is 4.26. The first kappa shape index (κ1) is 12.4. The van der Waals surface area contributed by atoms with Gasteiger partial charge in [0.2, 0.25) is 0 Å². The number of benzene rings is 1. The Morgan fingerprint density at radius 2 is 1.90 bits per heavy atom. The number of hydrogen-bond acceptors (Lipinski definition) is 3. The van der Waals surface area contributed by atoms with Crippen molar-refractivity contribution in [2.75, 3.05) is 0 Å². The van der Waals surface area contributed by atoms with Crippen molar-refractivity contribution in [2.24, 2.45) is 4.99 Å². The largest absolute Gasteiger partial charge is 0.314 e. The molecule has 104 valence electrons. The molecule has 20 heavy (non-hydrogen) atoms. The summed E-state index contributed by atoms with van der Waals surface area (Å²) in [5.41, 5.74) is 0.718. The number of aliphatic imine (C=N–C) groups is 1. The summed E-state index contributed by atoms with van der Waals surface area (Å²) in [6.45, 7) is 0. The normalized spacial score (nSPS) is 28.0. The van der Waals surface area contributed by atoms with E-state index in [1.54, 1.807) is 0 Å². The van der Waals surface area contributed by atoms with Crippen LogP contribution in [0.3, 0.4) is 0 Å². The monoisotopic (exact) mass is 292 g/mol. The lowest BCUT2D eigenvalue weighted by molar-refractivity contribution is 0.304. The number of halogens is 2. The molecule has 0 bridgehead atoms. The zero-order valence-corrected chi connectivity index (χ0v) is 11.7. The van der Waals surface area contributed by atoms with Crippen molar-refractivity contribution in [3.8, 4) is 0 Å². The summed E-state index contributed by atoms with van der Waals surface area (Å²) < 4.78 is 28.1. The Balaban J connectivity index is 1.76. The van der Waals surface area contributed by atoms with Crippen molar-refractivity contribution in [3.63, 3.8) is 0 Å². The number of thioether (sulfide) groups is 1. The van der Waals surface area contributed by atoms with Gasteiger partial charge in [-0.25, -0.2) is 8.78 Å². The highest BCUT2D eigenvalue weighted by Crippen LogP contribution is 2.44. The van der Waals surface area contributed by atoms with E-state index in [-0.39, 0.29) is 11.6 Å². The summed E-state index contributed by atoms with van der Waals surface area (Å²) in [5, 5.41) is 2.73. The van der Waals surface area contributed by atoms with E-state index in [0.29, 0.717) is 11.7 Å². The fourth-order valence-electron chi connectivity index (χ4n) is 3.35. The maximum Gasteiger partial charge on any atom is 0.168 e. The fraction of sp³-hybridized carbons (Fsp3) is 0.400. The standard InChI is InChI=1S/C15H14F2N2S/c16-9-4-3-5-10(17)14(9)13-8-20-15-18-11-6-1-2-7-12(11)19(13)15/h3-5,8,11-12H,1-2,6-7H2/t11-,12-/m0/s1. The first-order valence-corrected chi connectivity index (χ1v) is 7.82. The Hall–Kier alpha value is -1.36. The molecule has 2 heterocycles. The Morgan fingerprint density at radius 1 is 1.15 bits per heavy atom. The third kappa shape index (κ3) is 1.72. The van der Waals surface area contributed by atoms with E-state index in [4.69, 9.17) is 4.99 Å². The van der Waals surface area contributed by atoms with Crippen LogP contribution in [0.15, 0.2) is 28.6 Å². The molecule has 0 saturated heterocycles. The summed E-state index contributed by atoms with van der Waals surface area (Å²) in [6, 6.07) is 4.60. The van der Waals surface area contributed by atoms with Crippen LogP contribution in [0.25, 0.3) is 5.70 Å². The molecule has 0 radical (unpaired) electrons. The van der Waals surface area contributed by atoms with E-state index >= 15 is 0 Å². The van der Waals surface area contributed by atoms with Crippen LogP contribution >= 0.6 is 11.8 Å². The van der Waals surface area contributed by atoms with Gasteiger partial charge in [-0.1, -0.05) is 30.7 Å². The van der Waals surface area contributed by atoms with Gasteiger partial charge in [-0.3, -0.25) is 4.99 Å². The van der Waals surface area contributed by atoms with Gasteiger partial charge in [0, 0.05) is 5.41 Å². The van der Waals surface area contributed by atoms with E-state index in [1.807, 2.05) is 5.41 Å². The van der Waals surface area contributed by atoms with Crippen LogP contribution < -0.4 is 0 Å². The van der Waals surface area contributed by atoms with Crippen LogP contribution in [0.1, 0.15) is 31.2 Å². The lowest BCUT2D eigenvalue weighted by Gasteiger charge is -2.32. The highest BCUT2D eigenvalue weighted by Gasteiger charge is 2.43. The highest BCUT2D eigenvalue weighted by atomic mass is 32.2. The van der Waals surface area contributed by atoms with E-state index in [9.17, 15) is 8.78 Å². The van der Waals surface area contributed by atoms with Gasteiger partial charge < -0.3 is 4.90 Å². The molecule has 4 rings (SSSR count). The van der Waals surface area contributed by atoms with E-state index < -0.39 is 11.6 Å². The Bertz CT molecular complexity index is 606. The summed E-state index contributed by atoms with van der Waals surface area (Å²) >= 11 is 1.48. The van der Waals surface area contributed by atoms with Gasteiger partial charge in [0.25, 0.3) is 0 Å². The van der Waals surface area contributed by atoms with Crippen LogP contribution in [0, 0.1) is 11.6 Å². The second-order valence-corrected chi connectivity index (χ2v) is 6.25. The van der Waals surface area contributed by atoms with Crippen molar-refractivity contribution in [3.05, 3.63) is 40.8 Å². The molecule has 5 heteroatoms. The van der Waals surface area contributed by atoms with Crippen LogP contribution in [0.4, 0.5) is 8.78 Å². The predicted octanol–water partition coefficient (Wildman–Crippen LogP) is 3.99. The minimum absolute atomic E-state index is 0.0800. The van der Waals surface area contributed by atoms with Crippen molar-refractivity contribution in [1.82, 2.24) is 4.90 Å². The van der Waals surface area contributed by atoms with Crippen molar-refractivity contribution < 1.29 is 8.78 Å². The van der Waals surface area contributed by atoms with Gasteiger partial charge in [0.05, 0.1) is 23.3 Å². The quantitative estimate of drug-likeness (QED) is 0.777. The smallest absolute Gasteiger partial charge is 0.168 e. The highest BCUT2D eigenvalue weighted by molar-refractivity contribution is 8.16. The van der Waals surface area contributed by atoms with Crippen LogP contribution in [-0.2, 0) is 0 Å². The molecule has 0 aromatic heterocycles. The molecule has 1 saturated carbocycles. The maximum absolute atomic E-state index is 14.0. The second-order valence-electron chi connectivity index (χ2n) is 5.42. The second kappa shape index (κ2) is 4.58. The van der Waals surface area contributed by atoms with Crippen LogP contribution in [-0.4, -0.2) is 22.2 Å². The zero-order chi connectivity index (χ0) is 13.7. The van der Waals surface area contributed by atoms with Crippen LogP contribution in [0.2, 0.25) is 0 Å². The van der Waals surface area contributed by atoms with Crippen LogP contribution in [0.5, 0.6) is 0 Å². The topological polar surface area (TPSA) is 15.6 Å². The van der Waals surface area contributed by atoms with Crippen molar-refractivity contribution >= 4 is 22.6 Å². The van der Waals surface area contributed by atoms with Gasteiger partial charge in [0.1, 0.15) is 11.6 Å². The summed E-state index contributed by atoms with van der Waals surface area (Å²) in [7, 11) is 0. The Kier molecular flexibility index (Phi) is 2.84. The number of fused-ring (bicyclic) bond motifs is 3. The molecular weight excluding hydrogens is 278 g/mol. The van der Waals surface area contributed by atoms with Gasteiger partial charge in [-0.15, -0.1) is 0 Å². The van der Waals surface area contributed by atoms with Crippen molar-refractivity contribution in [2.45, 2.75) is 37.8 Å². The van der Waals surface area contributed by atoms with Gasteiger partial charge in [0.15, 0.2) is 5.17 Å². The molecule has 0 spiro atoms. The zero-order valence-electron chi connectivity index (χ0n) is 10.9. The third-order valence-corrected chi connectivity index (χ3v) is 5.12. The van der Waals surface area contributed by atoms with Crippen molar-refractivity contribution in [1.29, 1.82) is 0 Å². The number of rotatable bonds is 1. The lowest BCUT2D eigenvalue weighted by Crippen LogP contribution is -2.38. The molecule has 2 atom stereocenters. The van der Waals surface area contributed by atoms with Gasteiger partial charge in [-0.05, 0) is 25.0 Å².